The van der Waals surface area contributed by atoms with Gasteiger partial charge in [-0.3, -0.25) is 4.79 Å². The first-order valence-corrected chi connectivity index (χ1v) is 5.03. The smallest absolute Gasteiger partial charge is 0.307 e. The molecule has 0 spiro atoms. The van der Waals surface area contributed by atoms with Crippen LogP contribution in [0.1, 0.15) is 20.3 Å². The van der Waals surface area contributed by atoms with Gasteiger partial charge < -0.3 is 5.11 Å². The van der Waals surface area contributed by atoms with E-state index in [2.05, 4.69) is 13.8 Å². The van der Waals surface area contributed by atoms with E-state index in [4.69, 9.17) is 5.11 Å². The zero-order valence-corrected chi connectivity index (χ0v) is 7.95. The molecule has 0 heterocycles. The number of fused-ring (bicyclic) bond motifs is 3. The Hall–Kier alpha value is -0.790. The van der Waals surface area contributed by atoms with Crippen LogP contribution in [0.3, 0.4) is 0 Å². The summed E-state index contributed by atoms with van der Waals surface area (Å²) < 4.78 is 0. The summed E-state index contributed by atoms with van der Waals surface area (Å²) in [5.41, 5.74) is 2.88. The first kappa shape index (κ1) is 7.60. The minimum absolute atomic E-state index is 0.0198. The number of carboxylic acid groups (broad SMARTS) is 1. The van der Waals surface area contributed by atoms with Crippen LogP contribution in [0.4, 0.5) is 0 Å². The van der Waals surface area contributed by atoms with Gasteiger partial charge in [0.15, 0.2) is 0 Å². The molecule has 70 valence electrons. The Morgan fingerprint density at radius 3 is 2.69 bits per heavy atom. The number of hydrogen-bond donors (Lipinski definition) is 1. The highest BCUT2D eigenvalue weighted by atomic mass is 16.4. The molecule has 0 amide bonds. The Morgan fingerprint density at radius 1 is 1.46 bits per heavy atom. The molecule has 3 fully saturated rings. The third-order valence-corrected chi connectivity index (χ3v) is 4.03. The molecule has 3 rings (SSSR count). The van der Waals surface area contributed by atoms with Crippen LogP contribution in [0.5, 0.6) is 0 Å². The van der Waals surface area contributed by atoms with Crippen LogP contribution in [0.15, 0.2) is 11.1 Å². The topological polar surface area (TPSA) is 37.3 Å². The van der Waals surface area contributed by atoms with Crippen molar-refractivity contribution in [3.05, 3.63) is 11.1 Å². The van der Waals surface area contributed by atoms with Crippen molar-refractivity contribution in [1.29, 1.82) is 0 Å². The second kappa shape index (κ2) is 1.99. The van der Waals surface area contributed by atoms with Crippen molar-refractivity contribution < 1.29 is 9.90 Å². The molecule has 0 aromatic carbocycles. The maximum Gasteiger partial charge on any atom is 0.307 e. The number of hydrogen-bond acceptors (Lipinski definition) is 1. The molecule has 2 heteroatoms. The summed E-state index contributed by atoms with van der Waals surface area (Å²) in [5.74, 6) is 1.90. The molecule has 0 aromatic heterocycles. The van der Waals surface area contributed by atoms with E-state index in [0.717, 1.165) is 11.8 Å². The van der Waals surface area contributed by atoms with Crippen LogP contribution in [0.2, 0.25) is 0 Å². The van der Waals surface area contributed by atoms with Gasteiger partial charge in [0.1, 0.15) is 0 Å². The monoisotopic (exact) mass is 178 g/mol. The van der Waals surface area contributed by atoms with E-state index >= 15 is 0 Å². The first-order valence-electron chi connectivity index (χ1n) is 5.03. The van der Waals surface area contributed by atoms with E-state index in [0.29, 0.717) is 11.8 Å². The third kappa shape index (κ3) is 0.767. The van der Waals surface area contributed by atoms with Gasteiger partial charge in [0, 0.05) is 0 Å². The largest absolute Gasteiger partial charge is 0.481 e. The van der Waals surface area contributed by atoms with Crippen molar-refractivity contribution in [2.45, 2.75) is 20.3 Å². The zero-order valence-electron chi connectivity index (χ0n) is 7.95. The number of allylic oxidation sites excluding steroid dienone is 2. The number of carbonyl (C=O) groups is 1. The molecule has 3 saturated carbocycles. The van der Waals surface area contributed by atoms with E-state index in [1.165, 1.54) is 17.6 Å². The minimum atomic E-state index is -0.570. The van der Waals surface area contributed by atoms with Gasteiger partial charge in [0.25, 0.3) is 0 Å². The summed E-state index contributed by atoms with van der Waals surface area (Å²) in [5, 5.41) is 8.97. The highest BCUT2D eigenvalue weighted by Crippen LogP contribution is 2.75. The highest BCUT2D eigenvalue weighted by molar-refractivity contribution is 5.77. The van der Waals surface area contributed by atoms with Gasteiger partial charge in [-0.15, -0.1) is 0 Å². The van der Waals surface area contributed by atoms with Crippen LogP contribution in [-0.2, 0) is 4.79 Å². The molecule has 0 saturated heterocycles. The van der Waals surface area contributed by atoms with Gasteiger partial charge in [-0.2, -0.15) is 0 Å². The lowest BCUT2D eigenvalue weighted by Gasteiger charge is -2.05. The molecule has 13 heavy (non-hydrogen) atoms. The zero-order chi connectivity index (χ0) is 9.33. The van der Waals surface area contributed by atoms with Gasteiger partial charge in [0.05, 0.1) is 5.92 Å². The molecule has 0 aromatic rings. The van der Waals surface area contributed by atoms with Crippen LogP contribution in [0.25, 0.3) is 0 Å². The third-order valence-electron chi connectivity index (χ3n) is 4.03. The van der Waals surface area contributed by atoms with Crippen LogP contribution in [0, 0.1) is 29.6 Å². The molecular formula is C11H14O2. The van der Waals surface area contributed by atoms with E-state index in [9.17, 15) is 4.79 Å². The lowest BCUT2D eigenvalue weighted by atomic mass is 10.0. The van der Waals surface area contributed by atoms with Crippen molar-refractivity contribution in [3.8, 4) is 0 Å². The van der Waals surface area contributed by atoms with E-state index in [-0.39, 0.29) is 5.92 Å². The molecule has 0 radical (unpaired) electrons. The predicted octanol–water partition coefficient (Wildman–Crippen LogP) is 1.92. The average molecular weight is 178 g/mol. The Kier molecular flexibility index (Phi) is 1.17. The summed E-state index contributed by atoms with van der Waals surface area (Å²) in [7, 11) is 0. The summed E-state index contributed by atoms with van der Waals surface area (Å²) in [6, 6.07) is 0. The summed E-state index contributed by atoms with van der Waals surface area (Å²) >= 11 is 0. The fourth-order valence-corrected chi connectivity index (χ4v) is 3.54. The Balaban J connectivity index is 1.95. The average Bonchev–Trinajstić information content (AvgIpc) is 2.85. The van der Waals surface area contributed by atoms with Crippen molar-refractivity contribution in [3.63, 3.8) is 0 Å². The molecule has 5 atom stereocenters. The van der Waals surface area contributed by atoms with E-state index < -0.39 is 5.97 Å². The van der Waals surface area contributed by atoms with Gasteiger partial charge in [-0.05, 0) is 43.9 Å². The number of carboxylic acids is 1. The lowest BCUT2D eigenvalue weighted by molar-refractivity contribution is -0.139. The van der Waals surface area contributed by atoms with Gasteiger partial charge in [-0.25, -0.2) is 0 Å². The standard InChI is InChI=1S/C11H14O2/c1-4(2)7-5-3-6(5)8-9(7)10(8)11(12)13/h5-6,8-10H,3H2,1-2H3,(H,12,13)/t5-,6-,8-,9-,10-/m1/s1. The van der Waals surface area contributed by atoms with Crippen LogP contribution < -0.4 is 0 Å². The summed E-state index contributed by atoms with van der Waals surface area (Å²) in [4.78, 5) is 10.9. The quantitative estimate of drug-likeness (QED) is 0.623. The highest BCUT2D eigenvalue weighted by Gasteiger charge is 2.73. The molecule has 0 aliphatic heterocycles. The Labute approximate surface area is 77.6 Å². The first-order chi connectivity index (χ1) is 6.13. The SMILES string of the molecule is CC(C)=C1[C@H]2[C@H](C(=O)O)[C@@H]2[C@@H]2C[C@@H]12. The van der Waals surface area contributed by atoms with Gasteiger partial charge in [0.2, 0.25) is 0 Å². The normalized spacial score (nSPS) is 49.7. The molecule has 3 aliphatic rings. The molecule has 1 N–H and O–H groups in total. The maximum atomic E-state index is 10.9. The Morgan fingerprint density at radius 2 is 2.15 bits per heavy atom. The molecule has 3 aliphatic carbocycles. The van der Waals surface area contributed by atoms with E-state index in [1.807, 2.05) is 0 Å². The fraction of sp³-hybridized carbons (Fsp3) is 0.727. The number of rotatable bonds is 1. The second-order valence-corrected chi connectivity index (χ2v) is 4.93. The van der Waals surface area contributed by atoms with Crippen molar-refractivity contribution in [1.82, 2.24) is 0 Å². The number of aliphatic carboxylic acids is 1. The van der Waals surface area contributed by atoms with E-state index in [1.54, 1.807) is 0 Å². The summed E-state index contributed by atoms with van der Waals surface area (Å²) in [6.07, 6.45) is 1.27. The Bertz CT molecular complexity index is 325. The molecule has 2 nitrogen and oxygen atoms in total. The molecule has 0 unspecified atom stereocenters. The van der Waals surface area contributed by atoms with Crippen molar-refractivity contribution in [2.75, 3.05) is 0 Å². The lowest BCUT2D eigenvalue weighted by Crippen LogP contribution is -2.05. The fourth-order valence-electron chi connectivity index (χ4n) is 3.54. The molecule has 0 bridgehead atoms. The maximum absolute atomic E-state index is 10.9. The van der Waals surface area contributed by atoms with Gasteiger partial charge >= 0.3 is 5.97 Å². The van der Waals surface area contributed by atoms with Crippen LogP contribution in [-0.4, -0.2) is 11.1 Å². The van der Waals surface area contributed by atoms with Crippen molar-refractivity contribution in [2.24, 2.45) is 29.6 Å². The molecular weight excluding hydrogens is 164 g/mol. The minimum Gasteiger partial charge on any atom is -0.481 e. The van der Waals surface area contributed by atoms with Crippen LogP contribution >= 0.6 is 0 Å². The second-order valence-electron chi connectivity index (χ2n) is 4.93. The van der Waals surface area contributed by atoms with Gasteiger partial charge in [-0.1, -0.05) is 11.1 Å². The van der Waals surface area contributed by atoms with Crippen molar-refractivity contribution >= 4 is 5.97 Å². The summed E-state index contributed by atoms with van der Waals surface area (Å²) in [6.45, 7) is 4.26. The predicted molar refractivity (Wildman–Crippen MR) is 48.1 cm³/mol.